The summed E-state index contributed by atoms with van der Waals surface area (Å²) in [6.45, 7) is 5.33. The number of piperidine rings is 2. The zero-order valence-electron chi connectivity index (χ0n) is 15.0. The molecule has 1 saturated carbocycles. The number of ether oxygens (including phenoxy) is 1. The van der Waals surface area contributed by atoms with Crippen LogP contribution in [0.25, 0.3) is 0 Å². The number of hydrogen-bond donors (Lipinski definition) is 0. The van der Waals surface area contributed by atoms with Crippen LogP contribution in [-0.4, -0.2) is 60.5 Å². The first-order valence-corrected chi connectivity index (χ1v) is 9.87. The summed E-state index contributed by atoms with van der Waals surface area (Å²) in [7, 11) is 0. The molecule has 0 spiro atoms. The molecule has 2 aliphatic heterocycles. The van der Waals surface area contributed by atoms with Crippen molar-refractivity contribution < 1.29 is 14.3 Å². The highest BCUT2D eigenvalue weighted by Crippen LogP contribution is 2.35. The van der Waals surface area contributed by atoms with Gasteiger partial charge in [0.25, 0.3) is 0 Å². The average Bonchev–Trinajstić information content (AvgIpc) is 2.62. The zero-order chi connectivity index (χ0) is 16.9. The van der Waals surface area contributed by atoms with Gasteiger partial charge >= 0.3 is 5.97 Å². The first-order valence-electron chi connectivity index (χ1n) is 9.87. The number of carbonyl (C=O) groups excluding carboxylic acids is 2. The van der Waals surface area contributed by atoms with E-state index < -0.39 is 0 Å². The van der Waals surface area contributed by atoms with Crippen molar-refractivity contribution in [2.24, 2.45) is 11.8 Å². The van der Waals surface area contributed by atoms with Crippen molar-refractivity contribution >= 4 is 11.9 Å². The molecule has 5 heteroatoms. The highest BCUT2D eigenvalue weighted by molar-refractivity contribution is 5.79. The Morgan fingerprint density at radius 3 is 2.42 bits per heavy atom. The molecule has 0 bridgehead atoms. The lowest BCUT2D eigenvalue weighted by molar-refractivity contribution is -0.151. The molecule has 1 aliphatic carbocycles. The van der Waals surface area contributed by atoms with Gasteiger partial charge in [-0.05, 0) is 57.9 Å². The van der Waals surface area contributed by atoms with Crippen molar-refractivity contribution in [3.63, 3.8) is 0 Å². The molecule has 0 aromatic carbocycles. The summed E-state index contributed by atoms with van der Waals surface area (Å²) in [4.78, 5) is 28.9. The largest absolute Gasteiger partial charge is 0.466 e. The van der Waals surface area contributed by atoms with E-state index in [2.05, 4.69) is 4.90 Å². The summed E-state index contributed by atoms with van der Waals surface area (Å²) in [6, 6.07) is 0.633. The molecule has 2 atom stereocenters. The highest BCUT2D eigenvalue weighted by Gasteiger charge is 2.35. The quantitative estimate of drug-likeness (QED) is 0.740. The number of amides is 1. The monoisotopic (exact) mass is 336 g/mol. The van der Waals surface area contributed by atoms with Crippen molar-refractivity contribution in [2.45, 2.75) is 64.3 Å². The molecule has 0 N–H and O–H groups in total. The van der Waals surface area contributed by atoms with Crippen LogP contribution >= 0.6 is 0 Å². The number of fused-ring (bicyclic) bond motifs is 1. The van der Waals surface area contributed by atoms with E-state index in [4.69, 9.17) is 4.74 Å². The Bertz CT molecular complexity index is 444. The maximum absolute atomic E-state index is 12.7. The Labute approximate surface area is 145 Å². The predicted octanol–water partition coefficient (Wildman–Crippen LogP) is 2.44. The summed E-state index contributed by atoms with van der Waals surface area (Å²) in [6.07, 6.45) is 9.37. The lowest BCUT2D eigenvalue weighted by atomic mass is 9.78. The first-order chi connectivity index (χ1) is 11.7. The molecular weight excluding hydrogens is 304 g/mol. The van der Waals surface area contributed by atoms with Crippen LogP contribution in [0.4, 0.5) is 0 Å². The van der Waals surface area contributed by atoms with Crippen molar-refractivity contribution in [3.05, 3.63) is 0 Å². The normalized spacial score (nSPS) is 29.1. The number of esters is 1. The van der Waals surface area contributed by atoms with Gasteiger partial charge in [-0.2, -0.15) is 0 Å². The van der Waals surface area contributed by atoms with Gasteiger partial charge in [0.2, 0.25) is 5.91 Å². The number of carbonyl (C=O) groups is 2. The van der Waals surface area contributed by atoms with Gasteiger partial charge in [-0.1, -0.05) is 12.8 Å². The standard InChI is InChI=1S/C19H32N2O3/c1-2-24-19(23)16-9-12-20(13-10-16)18(22)14-21-11-5-7-15-6-3-4-8-17(15)21/h15-17H,2-14H2,1H3. The Balaban J connectivity index is 1.48. The summed E-state index contributed by atoms with van der Waals surface area (Å²) in [5, 5.41) is 0. The van der Waals surface area contributed by atoms with E-state index in [1.165, 1.54) is 38.5 Å². The Hall–Kier alpha value is -1.10. The molecule has 3 fully saturated rings. The van der Waals surface area contributed by atoms with Gasteiger partial charge in [-0.25, -0.2) is 0 Å². The molecule has 2 unspecified atom stereocenters. The van der Waals surface area contributed by atoms with Crippen molar-refractivity contribution in [2.75, 3.05) is 32.8 Å². The summed E-state index contributed by atoms with van der Waals surface area (Å²) < 4.78 is 5.11. The van der Waals surface area contributed by atoms with Crippen molar-refractivity contribution in [1.82, 2.24) is 9.80 Å². The van der Waals surface area contributed by atoms with Crippen LogP contribution in [-0.2, 0) is 14.3 Å². The van der Waals surface area contributed by atoms with Crippen molar-refractivity contribution in [3.8, 4) is 0 Å². The van der Waals surface area contributed by atoms with E-state index in [1.807, 2.05) is 11.8 Å². The number of rotatable bonds is 4. The van der Waals surface area contributed by atoms with Crippen molar-refractivity contribution in [1.29, 1.82) is 0 Å². The number of nitrogens with zero attached hydrogens (tertiary/aromatic N) is 2. The van der Waals surface area contributed by atoms with Crippen LogP contribution in [0.15, 0.2) is 0 Å². The summed E-state index contributed by atoms with van der Waals surface area (Å²) in [5.41, 5.74) is 0. The van der Waals surface area contributed by atoms with Gasteiger partial charge in [0.05, 0.1) is 19.1 Å². The summed E-state index contributed by atoms with van der Waals surface area (Å²) in [5.74, 6) is 0.954. The molecule has 0 aromatic rings. The third kappa shape index (κ3) is 4.11. The van der Waals surface area contributed by atoms with Gasteiger partial charge in [-0.3, -0.25) is 14.5 Å². The van der Waals surface area contributed by atoms with E-state index in [0.29, 0.717) is 32.3 Å². The molecule has 24 heavy (non-hydrogen) atoms. The van der Waals surface area contributed by atoms with Gasteiger partial charge in [0.15, 0.2) is 0 Å². The van der Waals surface area contributed by atoms with Crippen LogP contribution in [0, 0.1) is 11.8 Å². The molecule has 0 aromatic heterocycles. The minimum absolute atomic E-state index is 0.0216. The van der Waals surface area contributed by atoms with Gasteiger partial charge < -0.3 is 9.64 Å². The van der Waals surface area contributed by atoms with Gasteiger partial charge in [-0.15, -0.1) is 0 Å². The number of likely N-dealkylation sites (tertiary alicyclic amines) is 2. The van der Waals surface area contributed by atoms with E-state index in [-0.39, 0.29) is 17.8 Å². The topological polar surface area (TPSA) is 49.9 Å². The molecular formula is C19H32N2O3. The van der Waals surface area contributed by atoms with E-state index >= 15 is 0 Å². The third-order valence-electron chi connectivity index (χ3n) is 6.16. The zero-order valence-corrected chi connectivity index (χ0v) is 15.0. The molecule has 3 rings (SSSR count). The molecule has 5 nitrogen and oxygen atoms in total. The second kappa shape index (κ2) is 8.32. The Morgan fingerprint density at radius 1 is 0.958 bits per heavy atom. The average molecular weight is 336 g/mol. The van der Waals surface area contributed by atoms with Crippen LogP contribution < -0.4 is 0 Å². The second-order valence-corrected chi connectivity index (χ2v) is 7.63. The van der Waals surface area contributed by atoms with Gasteiger partial charge in [0.1, 0.15) is 0 Å². The Morgan fingerprint density at radius 2 is 1.67 bits per heavy atom. The maximum atomic E-state index is 12.7. The lowest BCUT2D eigenvalue weighted by Gasteiger charge is -2.44. The van der Waals surface area contributed by atoms with Crippen LogP contribution in [0.5, 0.6) is 0 Å². The maximum Gasteiger partial charge on any atom is 0.309 e. The predicted molar refractivity (Wildman–Crippen MR) is 92.5 cm³/mol. The SMILES string of the molecule is CCOC(=O)C1CCN(C(=O)CN2CCCC3CCCCC32)CC1. The minimum Gasteiger partial charge on any atom is -0.466 e. The molecule has 0 radical (unpaired) electrons. The first kappa shape index (κ1) is 17.7. The Kier molecular flexibility index (Phi) is 6.14. The number of hydrogen-bond acceptors (Lipinski definition) is 4. The molecule has 1 amide bonds. The molecule has 2 heterocycles. The molecule has 136 valence electrons. The lowest BCUT2D eigenvalue weighted by Crippen LogP contribution is -2.52. The minimum atomic E-state index is -0.0920. The van der Waals surface area contributed by atoms with E-state index in [9.17, 15) is 9.59 Å². The van der Waals surface area contributed by atoms with Crippen LogP contribution in [0.1, 0.15) is 58.3 Å². The van der Waals surface area contributed by atoms with Crippen LogP contribution in [0.3, 0.4) is 0 Å². The smallest absolute Gasteiger partial charge is 0.309 e. The molecule has 2 saturated heterocycles. The fraction of sp³-hybridized carbons (Fsp3) is 0.895. The highest BCUT2D eigenvalue weighted by atomic mass is 16.5. The van der Waals surface area contributed by atoms with E-state index in [1.54, 1.807) is 0 Å². The summed E-state index contributed by atoms with van der Waals surface area (Å²) >= 11 is 0. The van der Waals surface area contributed by atoms with Crippen LogP contribution in [0.2, 0.25) is 0 Å². The third-order valence-corrected chi connectivity index (χ3v) is 6.16. The van der Waals surface area contributed by atoms with E-state index in [0.717, 1.165) is 25.3 Å². The fourth-order valence-electron chi connectivity index (χ4n) is 4.82. The molecule has 3 aliphatic rings. The van der Waals surface area contributed by atoms with Gasteiger partial charge in [0, 0.05) is 19.1 Å². The second-order valence-electron chi connectivity index (χ2n) is 7.63. The fourth-order valence-corrected chi connectivity index (χ4v) is 4.82.